The predicted octanol–water partition coefficient (Wildman–Crippen LogP) is 0.881. The summed E-state index contributed by atoms with van der Waals surface area (Å²) in [5, 5.41) is 15.1. The molecule has 2 atom stereocenters. The Labute approximate surface area is 161 Å². The molecule has 2 fully saturated rings. The van der Waals surface area contributed by atoms with Gasteiger partial charge in [-0.1, -0.05) is 6.07 Å². The van der Waals surface area contributed by atoms with Crippen LogP contribution < -0.4 is 4.90 Å². The molecule has 0 aromatic carbocycles. The van der Waals surface area contributed by atoms with Crippen molar-refractivity contribution in [2.75, 3.05) is 44.2 Å². The van der Waals surface area contributed by atoms with Gasteiger partial charge in [-0.3, -0.25) is 14.5 Å². The maximum Gasteiger partial charge on any atom is 0.128 e. The molecule has 2 aliphatic rings. The first kappa shape index (κ1) is 18.4. The van der Waals surface area contributed by atoms with Crippen LogP contribution >= 0.6 is 0 Å². The Hall–Kier alpha value is -1.96. The number of aliphatic hydroxyl groups is 1. The number of hydrogen-bond acceptors (Lipinski definition) is 6. The summed E-state index contributed by atoms with van der Waals surface area (Å²) in [6.07, 6.45) is 4.52. The van der Waals surface area contributed by atoms with Crippen molar-refractivity contribution in [3.05, 3.63) is 41.9 Å². The van der Waals surface area contributed by atoms with Gasteiger partial charge in [-0.15, -0.1) is 0 Å². The lowest BCUT2D eigenvalue weighted by Gasteiger charge is -2.45. The molecule has 2 saturated heterocycles. The standard InChI is InChI=1S/C20H30N6O/c1-16-17(13-22-23(16)2)14-24-8-6-18(19(27)15-24)25-9-11-26(12-10-25)20-5-3-4-7-21-20/h3-5,7,13,18-19,27H,6,8-12,14-15H2,1-2H3/t18-,19-/m1/s1. The molecule has 146 valence electrons. The van der Waals surface area contributed by atoms with Gasteiger partial charge in [-0.2, -0.15) is 5.10 Å². The van der Waals surface area contributed by atoms with Crippen LogP contribution in [0.25, 0.3) is 0 Å². The van der Waals surface area contributed by atoms with E-state index in [0.29, 0.717) is 0 Å². The molecular weight excluding hydrogens is 340 g/mol. The summed E-state index contributed by atoms with van der Waals surface area (Å²) < 4.78 is 1.92. The lowest BCUT2D eigenvalue weighted by molar-refractivity contribution is -0.0172. The number of hydrogen-bond donors (Lipinski definition) is 1. The summed E-state index contributed by atoms with van der Waals surface area (Å²) in [6, 6.07) is 6.33. The summed E-state index contributed by atoms with van der Waals surface area (Å²) in [5.41, 5.74) is 2.46. The molecule has 0 bridgehead atoms. The van der Waals surface area contributed by atoms with Crippen molar-refractivity contribution < 1.29 is 5.11 Å². The number of β-amino-alcohol motifs (C(OH)–C–C–N with tert-alkyl or cyclic N) is 1. The molecule has 0 radical (unpaired) electrons. The average Bonchev–Trinajstić information content (AvgIpc) is 3.01. The van der Waals surface area contributed by atoms with E-state index in [1.807, 2.05) is 36.3 Å². The number of piperidine rings is 1. The second-order valence-corrected chi connectivity index (χ2v) is 7.75. The fourth-order valence-electron chi connectivity index (χ4n) is 4.32. The van der Waals surface area contributed by atoms with Gasteiger partial charge in [0.2, 0.25) is 0 Å². The van der Waals surface area contributed by atoms with Crippen molar-refractivity contribution in [2.24, 2.45) is 7.05 Å². The Morgan fingerprint density at radius 2 is 1.96 bits per heavy atom. The molecule has 7 nitrogen and oxygen atoms in total. The fraction of sp³-hybridized carbons (Fsp3) is 0.600. The zero-order valence-corrected chi connectivity index (χ0v) is 16.3. The van der Waals surface area contributed by atoms with Crippen LogP contribution in [0.15, 0.2) is 30.6 Å². The lowest BCUT2D eigenvalue weighted by atomic mass is 9.98. The maximum absolute atomic E-state index is 10.8. The van der Waals surface area contributed by atoms with Crippen molar-refractivity contribution in [3.8, 4) is 0 Å². The van der Waals surface area contributed by atoms with E-state index in [1.54, 1.807) is 0 Å². The molecule has 4 rings (SSSR count). The molecular formula is C20H30N6O. The van der Waals surface area contributed by atoms with Crippen molar-refractivity contribution >= 4 is 5.82 Å². The van der Waals surface area contributed by atoms with Crippen molar-refractivity contribution in [2.45, 2.75) is 32.0 Å². The van der Waals surface area contributed by atoms with Crippen molar-refractivity contribution in [1.29, 1.82) is 0 Å². The van der Waals surface area contributed by atoms with E-state index in [4.69, 9.17) is 0 Å². The van der Waals surface area contributed by atoms with Crippen molar-refractivity contribution in [1.82, 2.24) is 24.6 Å². The van der Waals surface area contributed by atoms with Crippen LogP contribution in [-0.2, 0) is 13.6 Å². The minimum absolute atomic E-state index is 0.266. The number of pyridine rings is 1. The van der Waals surface area contributed by atoms with Gasteiger partial charge >= 0.3 is 0 Å². The van der Waals surface area contributed by atoms with Gasteiger partial charge < -0.3 is 10.0 Å². The second kappa shape index (κ2) is 7.96. The van der Waals surface area contributed by atoms with Gasteiger partial charge in [-0.05, 0) is 25.5 Å². The third kappa shape index (κ3) is 4.00. The van der Waals surface area contributed by atoms with Crippen LogP contribution in [0.2, 0.25) is 0 Å². The molecule has 4 heterocycles. The zero-order valence-electron chi connectivity index (χ0n) is 16.3. The first-order chi connectivity index (χ1) is 13.1. The molecule has 27 heavy (non-hydrogen) atoms. The molecule has 2 aromatic heterocycles. The van der Waals surface area contributed by atoms with Crippen LogP contribution in [0.5, 0.6) is 0 Å². The Morgan fingerprint density at radius 1 is 1.15 bits per heavy atom. The summed E-state index contributed by atoms with van der Waals surface area (Å²) in [5.74, 6) is 1.05. The SMILES string of the molecule is Cc1c(CN2CC[C@@H](N3CCN(c4ccccn4)CC3)[C@H](O)C2)cnn1C. The fourth-order valence-corrected chi connectivity index (χ4v) is 4.32. The second-order valence-electron chi connectivity index (χ2n) is 7.75. The van der Waals surface area contributed by atoms with Crippen LogP contribution in [0, 0.1) is 6.92 Å². The van der Waals surface area contributed by atoms with Gasteiger partial charge in [-0.25, -0.2) is 4.98 Å². The number of likely N-dealkylation sites (tertiary alicyclic amines) is 1. The molecule has 0 spiro atoms. The van der Waals surface area contributed by atoms with Crippen LogP contribution in [0.1, 0.15) is 17.7 Å². The number of aliphatic hydroxyl groups excluding tert-OH is 1. The molecule has 0 amide bonds. The summed E-state index contributed by atoms with van der Waals surface area (Å²) in [6.45, 7) is 8.65. The number of aryl methyl sites for hydroxylation is 1. The smallest absolute Gasteiger partial charge is 0.128 e. The van der Waals surface area contributed by atoms with E-state index < -0.39 is 0 Å². The van der Waals surface area contributed by atoms with Gasteiger partial charge in [0.15, 0.2) is 0 Å². The Morgan fingerprint density at radius 3 is 2.59 bits per heavy atom. The van der Waals surface area contributed by atoms with Crippen molar-refractivity contribution in [3.63, 3.8) is 0 Å². The van der Waals surface area contributed by atoms with E-state index in [2.05, 4.69) is 37.8 Å². The maximum atomic E-state index is 10.8. The molecule has 7 heteroatoms. The summed E-state index contributed by atoms with van der Waals surface area (Å²) in [4.78, 5) is 11.6. The molecule has 0 saturated carbocycles. The molecule has 1 N–H and O–H groups in total. The lowest BCUT2D eigenvalue weighted by Crippen LogP contribution is -2.58. The number of piperazine rings is 1. The summed E-state index contributed by atoms with van der Waals surface area (Å²) in [7, 11) is 1.98. The van der Waals surface area contributed by atoms with E-state index in [1.165, 1.54) is 11.3 Å². The van der Waals surface area contributed by atoms with Gasteiger partial charge in [0.25, 0.3) is 0 Å². The van der Waals surface area contributed by atoms with E-state index in [-0.39, 0.29) is 12.1 Å². The monoisotopic (exact) mass is 370 g/mol. The first-order valence-corrected chi connectivity index (χ1v) is 9.90. The largest absolute Gasteiger partial charge is 0.390 e. The third-order valence-corrected chi connectivity index (χ3v) is 6.12. The molecule has 0 aliphatic carbocycles. The highest BCUT2D eigenvalue weighted by atomic mass is 16.3. The molecule has 2 aliphatic heterocycles. The number of rotatable bonds is 4. The average molecular weight is 371 g/mol. The Balaban J connectivity index is 1.29. The highest BCUT2D eigenvalue weighted by Gasteiger charge is 2.34. The van der Waals surface area contributed by atoms with Crippen LogP contribution in [0.4, 0.5) is 5.82 Å². The first-order valence-electron chi connectivity index (χ1n) is 9.90. The topological polar surface area (TPSA) is 60.7 Å². The Kier molecular flexibility index (Phi) is 5.43. The van der Waals surface area contributed by atoms with Gasteiger partial charge in [0.1, 0.15) is 5.82 Å². The minimum atomic E-state index is -0.294. The Bertz CT molecular complexity index is 740. The number of aromatic nitrogens is 3. The predicted molar refractivity (Wildman–Crippen MR) is 106 cm³/mol. The normalized spacial score (nSPS) is 25.1. The van der Waals surface area contributed by atoms with Gasteiger partial charge in [0.05, 0.1) is 12.3 Å². The van der Waals surface area contributed by atoms with E-state index in [0.717, 1.165) is 58.1 Å². The highest BCUT2D eigenvalue weighted by Crippen LogP contribution is 2.22. The van der Waals surface area contributed by atoms with Crippen LogP contribution in [-0.4, -0.2) is 81.1 Å². The number of nitrogens with zero attached hydrogens (tertiary/aromatic N) is 6. The molecule has 2 aromatic rings. The number of anilines is 1. The summed E-state index contributed by atoms with van der Waals surface area (Å²) >= 11 is 0. The van der Waals surface area contributed by atoms with Crippen LogP contribution in [0.3, 0.4) is 0 Å². The zero-order chi connectivity index (χ0) is 18.8. The minimum Gasteiger partial charge on any atom is -0.390 e. The van der Waals surface area contributed by atoms with E-state index in [9.17, 15) is 5.11 Å². The van der Waals surface area contributed by atoms with E-state index >= 15 is 0 Å². The van der Waals surface area contributed by atoms with Gasteiger partial charge in [0, 0.05) is 76.4 Å². The molecule has 0 unspecified atom stereocenters. The quantitative estimate of drug-likeness (QED) is 0.862. The highest BCUT2D eigenvalue weighted by molar-refractivity contribution is 5.38. The third-order valence-electron chi connectivity index (χ3n) is 6.12.